The number of nitrogens with one attached hydrogen (secondary N) is 1. The molecule has 0 heterocycles. The lowest BCUT2D eigenvalue weighted by Crippen LogP contribution is -2.61. The zero-order chi connectivity index (χ0) is 13.2. The van der Waals surface area contributed by atoms with Crippen molar-refractivity contribution in [2.24, 2.45) is 22.1 Å². The smallest absolute Gasteiger partial charge is 0.189 e. The Labute approximate surface area is 105 Å². The van der Waals surface area contributed by atoms with E-state index in [4.69, 9.17) is 10.5 Å². The van der Waals surface area contributed by atoms with Crippen LogP contribution in [0.2, 0.25) is 0 Å². The van der Waals surface area contributed by atoms with Gasteiger partial charge in [0.25, 0.3) is 0 Å². The van der Waals surface area contributed by atoms with E-state index in [0.29, 0.717) is 17.9 Å². The minimum Gasteiger partial charge on any atom is -0.380 e. The third-order valence-electron chi connectivity index (χ3n) is 4.01. The quantitative estimate of drug-likeness (QED) is 0.582. The van der Waals surface area contributed by atoms with Crippen molar-refractivity contribution in [2.45, 2.75) is 59.2 Å². The minimum atomic E-state index is 0.0654. The van der Waals surface area contributed by atoms with Crippen LogP contribution in [0.5, 0.6) is 0 Å². The van der Waals surface area contributed by atoms with Crippen LogP contribution in [-0.4, -0.2) is 31.3 Å². The van der Waals surface area contributed by atoms with Gasteiger partial charge in [0.15, 0.2) is 5.96 Å². The fourth-order valence-corrected chi connectivity index (χ4v) is 2.91. The first kappa shape index (κ1) is 14.3. The Kier molecular flexibility index (Phi) is 4.42. The van der Waals surface area contributed by atoms with Crippen LogP contribution >= 0.6 is 0 Å². The molecule has 1 aliphatic carbocycles. The molecule has 0 aromatic rings. The molecule has 0 aromatic carbocycles. The lowest BCUT2D eigenvalue weighted by Gasteiger charge is -2.54. The second-order valence-corrected chi connectivity index (χ2v) is 5.75. The van der Waals surface area contributed by atoms with Gasteiger partial charge in [-0.15, -0.1) is 0 Å². The summed E-state index contributed by atoms with van der Waals surface area (Å²) in [7, 11) is 1.77. The molecular formula is C13H27N3O. The predicted molar refractivity (Wildman–Crippen MR) is 72.0 cm³/mol. The third-order valence-corrected chi connectivity index (χ3v) is 4.01. The third kappa shape index (κ3) is 2.73. The molecule has 0 bridgehead atoms. The van der Waals surface area contributed by atoms with Gasteiger partial charge in [-0.05, 0) is 13.3 Å². The van der Waals surface area contributed by atoms with Gasteiger partial charge in [0.2, 0.25) is 0 Å². The summed E-state index contributed by atoms with van der Waals surface area (Å²) in [4.78, 5) is 4.61. The van der Waals surface area contributed by atoms with E-state index in [1.165, 1.54) is 0 Å². The standard InChI is InChI=1S/C13H27N3O/c1-7-8(2)15-12(14)16-10-9(3)11(17-6)13(10,4)5/h8-11H,7H2,1-6H3,(H3,14,15,16). The van der Waals surface area contributed by atoms with Gasteiger partial charge in [-0.25, -0.2) is 4.99 Å². The molecular weight excluding hydrogens is 214 g/mol. The number of guanidine groups is 1. The average Bonchev–Trinajstić information content (AvgIpc) is 2.26. The van der Waals surface area contributed by atoms with Crippen LogP contribution in [0.25, 0.3) is 0 Å². The molecule has 4 unspecified atom stereocenters. The number of aliphatic imine (C=N–C) groups is 1. The zero-order valence-electron chi connectivity index (χ0n) is 11.9. The van der Waals surface area contributed by atoms with Crippen molar-refractivity contribution in [2.75, 3.05) is 7.11 Å². The van der Waals surface area contributed by atoms with Crippen LogP contribution in [0, 0.1) is 11.3 Å². The minimum absolute atomic E-state index is 0.0654. The SMILES string of the molecule is CCC(C)NC(N)=NC1C(C)C(OC)C1(C)C. The Bertz CT molecular complexity index is 288. The molecule has 0 saturated heterocycles. The van der Waals surface area contributed by atoms with Crippen molar-refractivity contribution in [1.29, 1.82) is 0 Å². The number of nitrogens with two attached hydrogens (primary N) is 1. The number of ether oxygens (including phenoxy) is 1. The average molecular weight is 241 g/mol. The maximum atomic E-state index is 5.93. The molecule has 0 radical (unpaired) electrons. The molecule has 3 N–H and O–H groups in total. The lowest BCUT2D eigenvalue weighted by atomic mass is 9.58. The molecule has 0 spiro atoms. The summed E-state index contributed by atoms with van der Waals surface area (Å²) in [6.07, 6.45) is 1.31. The molecule has 1 rings (SSSR count). The monoisotopic (exact) mass is 241 g/mol. The first-order chi connectivity index (χ1) is 7.84. The number of nitrogens with zero attached hydrogens (tertiary/aromatic N) is 1. The van der Waals surface area contributed by atoms with E-state index in [-0.39, 0.29) is 17.6 Å². The summed E-state index contributed by atoms with van der Waals surface area (Å²) < 4.78 is 5.50. The number of hydrogen-bond donors (Lipinski definition) is 2. The van der Waals surface area contributed by atoms with Crippen molar-refractivity contribution in [3.63, 3.8) is 0 Å². The maximum Gasteiger partial charge on any atom is 0.189 e. The van der Waals surface area contributed by atoms with Gasteiger partial charge in [0.1, 0.15) is 0 Å². The summed E-state index contributed by atoms with van der Waals surface area (Å²) in [5.41, 5.74) is 5.99. The Morgan fingerprint density at radius 1 is 1.53 bits per heavy atom. The fraction of sp³-hybridized carbons (Fsp3) is 0.923. The summed E-state index contributed by atoms with van der Waals surface area (Å²) in [6, 6.07) is 0.611. The van der Waals surface area contributed by atoms with Crippen molar-refractivity contribution in [1.82, 2.24) is 5.32 Å². The Hall–Kier alpha value is -0.770. The molecule has 100 valence electrons. The summed E-state index contributed by atoms with van der Waals surface area (Å²) in [5.74, 6) is 0.978. The topological polar surface area (TPSA) is 59.6 Å². The van der Waals surface area contributed by atoms with Crippen LogP contribution in [0.3, 0.4) is 0 Å². The van der Waals surface area contributed by atoms with Gasteiger partial charge in [0, 0.05) is 24.5 Å². The first-order valence-electron chi connectivity index (χ1n) is 6.47. The van der Waals surface area contributed by atoms with E-state index < -0.39 is 0 Å². The van der Waals surface area contributed by atoms with Gasteiger partial charge < -0.3 is 15.8 Å². The van der Waals surface area contributed by atoms with Crippen molar-refractivity contribution in [3.8, 4) is 0 Å². The Balaban J connectivity index is 2.66. The Morgan fingerprint density at radius 2 is 2.12 bits per heavy atom. The highest BCUT2D eigenvalue weighted by atomic mass is 16.5. The van der Waals surface area contributed by atoms with Gasteiger partial charge in [-0.1, -0.05) is 27.7 Å². The number of hydrogen-bond acceptors (Lipinski definition) is 2. The fourth-order valence-electron chi connectivity index (χ4n) is 2.91. The van der Waals surface area contributed by atoms with Crippen molar-refractivity contribution < 1.29 is 4.74 Å². The largest absolute Gasteiger partial charge is 0.380 e. The van der Waals surface area contributed by atoms with E-state index in [1.54, 1.807) is 7.11 Å². The molecule has 0 aromatic heterocycles. The van der Waals surface area contributed by atoms with Crippen LogP contribution < -0.4 is 11.1 Å². The predicted octanol–water partition coefficient (Wildman–Crippen LogP) is 1.75. The van der Waals surface area contributed by atoms with Gasteiger partial charge >= 0.3 is 0 Å². The van der Waals surface area contributed by atoms with Gasteiger partial charge in [-0.3, -0.25) is 0 Å². The van der Waals surface area contributed by atoms with Crippen molar-refractivity contribution in [3.05, 3.63) is 0 Å². The lowest BCUT2D eigenvalue weighted by molar-refractivity contribution is -0.132. The summed E-state index contributed by atoms with van der Waals surface area (Å²) in [5, 5.41) is 3.21. The number of methoxy groups -OCH3 is 1. The normalized spacial score (nSPS) is 34.0. The second kappa shape index (κ2) is 5.25. The molecule has 4 heteroatoms. The van der Waals surface area contributed by atoms with E-state index in [0.717, 1.165) is 6.42 Å². The highest BCUT2D eigenvalue weighted by Gasteiger charge is 2.54. The molecule has 17 heavy (non-hydrogen) atoms. The maximum absolute atomic E-state index is 5.93. The highest BCUT2D eigenvalue weighted by molar-refractivity contribution is 5.78. The van der Waals surface area contributed by atoms with E-state index in [2.05, 4.69) is 44.9 Å². The molecule has 1 aliphatic rings. The van der Waals surface area contributed by atoms with E-state index in [9.17, 15) is 0 Å². The molecule has 0 amide bonds. The van der Waals surface area contributed by atoms with E-state index in [1.807, 2.05) is 0 Å². The molecule has 4 atom stereocenters. The summed E-state index contributed by atoms with van der Waals surface area (Å²) in [6.45, 7) is 10.8. The molecule has 0 aliphatic heterocycles. The molecule has 1 fully saturated rings. The van der Waals surface area contributed by atoms with E-state index >= 15 is 0 Å². The Morgan fingerprint density at radius 3 is 2.53 bits per heavy atom. The zero-order valence-corrected chi connectivity index (χ0v) is 11.9. The summed E-state index contributed by atoms with van der Waals surface area (Å²) >= 11 is 0. The van der Waals surface area contributed by atoms with Crippen molar-refractivity contribution >= 4 is 5.96 Å². The molecule has 4 nitrogen and oxygen atoms in total. The highest BCUT2D eigenvalue weighted by Crippen LogP contribution is 2.48. The van der Waals surface area contributed by atoms with Gasteiger partial charge in [0.05, 0.1) is 12.1 Å². The van der Waals surface area contributed by atoms with Crippen LogP contribution in [0.1, 0.15) is 41.0 Å². The molecule has 1 saturated carbocycles. The van der Waals surface area contributed by atoms with Crippen LogP contribution in [-0.2, 0) is 4.74 Å². The van der Waals surface area contributed by atoms with Crippen LogP contribution in [0.15, 0.2) is 4.99 Å². The van der Waals surface area contributed by atoms with Crippen LogP contribution in [0.4, 0.5) is 0 Å². The first-order valence-corrected chi connectivity index (χ1v) is 6.47. The number of rotatable bonds is 4. The van der Waals surface area contributed by atoms with Gasteiger partial charge in [-0.2, -0.15) is 0 Å². The second-order valence-electron chi connectivity index (χ2n) is 5.75.